The summed E-state index contributed by atoms with van der Waals surface area (Å²) in [4.78, 5) is 12.7. The van der Waals surface area contributed by atoms with Gasteiger partial charge in [-0.1, -0.05) is 38.2 Å². The molecule has 7 heteroatoms. The van der Waals surface area contributed by atoms with Crippen molar-refractivity contribution in [2.45, 2.75) is 45.1 Å². The summed E-state index contributed by atoms with van der Waals surface area (Å²) in [5.74, 6) is -4.64. The average molecular weight is 435 g/mol. The number of nitrogens with two attached hydrogens (primary N) is 1. The van der Waals surface area contributed by atoms with Gasteiger partial charge in [0.25, 0.3) is 0 Å². The van der Waals surface area contributed by atoms with Crippen LogP contribution < -0.4 is 15.8 Å². The molecule has 0 aliphatic heterocycles. The molecule has 0 saturated heterocycles. The Bertz CT molecular complexity index is 887. The van der Waals surface area contributed by atoms with Gasteiger partial charge in [-0.2, -0.15) is 4.39 Å². The first-order valence-electron chi connectivity index (χ1n) is 10.2. The summed E-state index contributed by atoms with van der Waals surface area (Å²) in [6.07, 6.45) is 9.29. The Morgan fingerprint density at radius 2 is 1.90 bits per heavy atom. The standard InChI is InChI=1S/C24H29F3N2O2/c1-4-7-17(12-16(3)28)13-21(29-24(30)18-8-5-6-9-18)15(2)14-31-23-20(26)11-10-19(25)22(23)27/h4,7,10-12,18,21H,2-3,5-6,8-9,13-14,28H2,1H3,(H,29,30)/b7-4-,17-12+. The van der Waals surface area contributed by atoms with E-state index in [9.17, 15) is 18.0 Å². The largest absolute Gasteiger partial charge is 0.483 e. The van der Waals surface area contributed by atoms with E-state index in [1.165, 1.54) is 0 Å². The third kappa shape index (κ3) is 7.05. The summed E-state index contributed by atoms with van der Waals surface area (Å²) in [5.41, 5.74) is 7.22. The van der Waals surface area contributed by atoms with Gasteiger partial charge in [0.2, 0.25) is 11.7 Å². The van der Waals surface area contributed by atoms with Crippen molar-refractivity contribution in [2.75, 3.05) is 6.61 Å². The molecule has 1 unspecified atom stereocenters. The van der Waals surface area contributed by atoms with Crippen molar-refractivity contribution in [2.24, 2.45) is 11.7 Å². The Labute approximate surface area is 181 Å². The molecule has 4 nitrogen and oxygen atoms in total. The minimum Gasteiger partial charge on any atom is -0.483 e. The number of halogens is 3. The first kappa shape index (κ1) is 24.3. The van der Waals surface area contributed by atoms with Crippen LogP contribution in [0.1, 0.15) is 39.0 Å². The van der Waals surface area contributed by atoms with Gasteiger partial charge in [-0.25, -0.2) is 8.78 Å². The predicted octanol–water partition coefficient (Wildman–Crippen LogP) is 5.08. The fourth-order valence-electron chi connectivity index (χ4n) is 3.54. The molecule has 1 amide bonds. The van der Waals surface area contributed by atoms with E-state index in [1.807, 2.05) is 19.1 Å². The molecule has 2 rings (SSSR count). The van der Waals surface area contributed by atoms with Gasteiger partial charge in [0, 0.05) is 11.6 Å². The third-order valence-electron chi connectivity index (χ3n) is 5.13. The minimum atomic E-state index is -1.41. The monoisotopic (exact) mass is 434 g/mol. The van der Waals surface area contributed by atoms with Gasteiger partial charge in [-0.15, -0.1) is 0 Å². The highest BCUT2D eigenvalue weighted by Crippen LogP contribution is 2.27. The number of ether oxygens (including phenoxy) is 1. The van der Waals surface area contributed by atoms with Crippen LogP contribution >= 0.6 is 0 Å². The lowest BCUT2D eigenvalue weighted by Gasteiger charge is -2.24. The molecule has 0 aromatic heterocycles. The highest BCUT2D eigenvalue weighted by molar-refractivity contribution is 5.79. The molecular weight excluding hydrogens is 405 g/mol. The van der Waals surface area contributed by atoms with Crippen LogP contribution in [0.5, 0.6) is 5.75 Å². The molecule has 1 aliphatic rings. The lowest BCUT2D eigenvalue weighted by molar-refractivity contribution is -0.125. The lowest BCUT2D eigenvalue weighted by atomic mass is 9.97. The number of carbonyl (C=O) groups excluding carboxylic acids is 1. The topological polar surface area (TPSA) is 64.3 Å². The van der Waals surface area contributed by atoms with Crippen LogP contribution in [0.2, 0.25) is 0 Å². The van der Waals surface area contributed by atoms with Crippen molar-refractivity contribution < 1.29 is 22.7 Å². The van der Waals surface area contributed by atoms with Crippen molar-refractivity contribution in [1.29, 1.82) is 0 Å². The van der Waals surface area contributed by atoms with E-state index < -0.39 is 29.2 Å². The van der Waals surface area contributed by atoms with Crippen molar-refractivity contribution in [3.05, 3.63) is 77.8 Å². The van der Waals surface area contributed by atoms with E-state index >= 15 is 0 Å². The number of nitrogens with one attached hydrogen (secondary N) is 1. The lowest BCUT2D eigenvalue weighted by Crippen LogP contribution is -2.40. The smallest absolute Gasteiger partial charge is 0.223 e. The predicted molar refractivity (Wildman–Crippen MR) is 116 cm³/mol. The zero-order valence-electron chi connectivity index (χ0n) is 17.7. The first-order valence-corrected chi connectivity index (χ1v) is 10.2. The van der Waals surface area contributed by atoms with Gasteiger partial charge >= 0.3 is 0 Å². The summed E-state index contributed by atoms with van der Waals surface area (Å²) >= 11 is 0. The Kier molecular flexibility index (Phi) is 8.97. The molecule has 168 valence electrons. The van der Waals surface area contributed by atoms with Crippen LogP contribution in [0.3, 0.4) is 0 Å². The number of amides is 1. The van der Waals surface area contributed by atoms with Gasteiger partial charge in [0.1, 0.15) is 6.61 Å². The normalized spacial score (nSPS) is 15.8. The Hall–Kier alpha value is -2.96. The minimum absolute atomic E-state index is 0.0760. The Balaban J connectivity index is 2.19. The molecule has 0 spiro atoms. The van der Waals surface area contributed by atoms with Crippen LogP contribution in [0.15, 0.2) is 60.4 Å². The molecule has 0 heterocycles. The molecule has 31 heavy (non-hydrogen) atoms. The second-order valence-corrected chi connectivity index (χ2v) is 7.66. The van der Waals surface area contributed by atoms with Gasteiger partial charge in [0.05, 0.1) is 6.04 Å². The number of rotatable bonds is 10. The van der Waals surface area contributed by atoms with Crippen LogP contribution in [-0.4, -0.2) is 18.6 Å². The zero-order valence-corrected chi connectivity index (χ0v) is 17.7. The van der Waals surface area contributed by atoms with Crippen molar-refractivity contribution in [3.8, 4) is 5.75 Å². The maximum Gasteiger partial charge on any atom is 0.223 e. The molecule has 0 bridgehead atoms. The van der Waals surface area contributed by atoms with E-state index in [2.05, 4.69) is 18.5 Å². The van der Waals surface area contributed by atoms with E-state index in [-0.39, 0.29) is 18.4 Å². The average Bonchev–Trinajstić information content (AvgIpc) is 3.25. The maximum atomic E-state index is 13.9. The Morgan fingerprint density at radius 3 is 2.52 bits per heavy atom. The van der Waals surface area contributed by atoms with Crippen molar-refractivity contribution in [3.63, 3.8) is 0 Å². The number of carbonyl (C=O) groups is 1. The number of benzene rings is 1. The summed E-state index contributed by atoms with van der Waals surface area (Å²) in [6.45, 7) is 9.15. The van der Waals surface area contributed by atoms with Gasteiger partial charge < -0.3 is 15.8 Å². The highest BCUT2D eigenvalue weighted by Gasteiger charge is 2.26. The molecule has 1 aromatic carbocycles. The van der Waals surface area contributed by atoms with E-state index in [4.69, 9.17) is 10.5 Å². The molecule has 0 radical (unpaired) electrons. The first-order chi connectivity index (χ1) is 14.7. The summed E-state index contributed by atoms with van der Waals surface area (Å²) in [7, 11) is 0. The second-order valence-electron chi connectivity index (χ2n) is 7.66. The van der Waals surface area contributed by atoms with E-state index in [0.717, 1.165) is 37.3 Å². The molecule has 1 atom stereocenters. The molecule has 1 fully saturated rings. The van der Waals surface area contributed by atoms with Gasteiger partial charge in [-0.05, 0) is 55.5 Å². The third-order valence-corrected chi connectivity index (χ3v) is 5.13. The number of hydrogen-bond acceptors (Lipinski definition) is 3. The molecule has 1 aromatic rings. The van der Waals surface area contributed by atoms with E-state index in [1.54, 1.807) is 6.08 Å². The zero-order chi connectivity index (χ0) is 23.0. The molecule has 3 N–H and O–H groups in total. The van der Waals surface area contributed by atoms with Crippen molar-refractivity contribution >= 4 is 5.91 Å². The fraction of sp³-hybridized carbons (Fsp3) is 0.375. The summed E-state index contributed by atoms with van der Waals surface area (Å²) in [6, 6.07) is 0.898. The van der Waals surface area contributed by atoms with Gasteiger partial charge in [-0.3, -0.25) is 4.79 Å². The molecule has 1 aliphatic carbocycles. The highest BCUT2D eigenvalue weighted by atomic mass is 19.2. The van der Waals surface area contributed by atoms with Crippen LogP contribution in [0, 0.1) is 23.4 Å². The Morgan fingerprint density at radius 1 is 1.26 bits per heavy atom. The summed E-state index contributed by atoms with van der Waals surface area (Å²) in [5, 5.41) is 2.97. The molecule has 1 saturated carbocycles. The SMILES string of the molecule is C=C(N)/C=C(\C=C/C)CC(NC(=O)C1CCCC1)C(=C)COc1c(F)ccc(F)c1F. The second kappa shape index (κ2) is 11.4. The quantitative estimate of drug-likeness (QED) is 0.307. The molecular formula is C24H29F3N2O2. The number of allylic oxidation sites excluding steroid dienone is 3. The number of hydrogen-bond donors (Lipinski definition) is 2. The fourth-order valence-corrected chi connectivity index (χ4v) is 3.54. The van der Waals surface area contributed by atoms with Gasteiger partial charge in [0.15, 0.2) is 17.4 Å². The van der Waals surface area contributed by atoms with Crippen LogP contribution in [0.25, 0.3) is 0 Å². The van der Waals surface area contributed by atoms with Crippen LogP contribution in [-0.2, 0) is 4.79 Å². The van der Waals surface area contributed by atoms with E-state index in [0.29, 0.717) is 23.8 Å². The summed E-state index contributed by atoms with van der Waals surface area (Å²) < 4.78 is 46.4. The van der Waals surface area contributed by atoms with Crippen LogP contribution in [0.4, 0.5) is 13.2 Å². The van der Waals surface area contributed by atoms with Crippen molar-refractivity contribution in [1.82, 2.24) is 5.32 Å². The maximum absolute atomic E-state index is 13.9.